The van der Waals surface area contributed by atoms with Crippen molar-refractivity contribution in [3.63, 3.8) is 0 Å². The lowest BCUT2D eigenvalue weighted by Crippen LogP contribution is -2.24. The van der Waals surface area contributed by atoms with Crippen LogP contribution in [0.15, 0.2) is 64.4 Å². The monoisotopic (exact) mass is 364 g/mol. The number of aromatic nitrogens is 2. The zero-order chi connectivity index (χ0) is 18.3. The summed E-state index contributed by atoms with van der Waals surface area (Å²) in [6, 6.07) is 15.0. The molecule has 1 aliphatic rings. The standard InChI is InChI=1S/C20H16N2O3S/c1-12-10-16(23)19(20(24)25)15-11-18(13-6-4-5-9-21-13)26-17-8-3-2-7-14(17)22(12)15/h2-10,18H,11H2,1H3,(H,24,25). The van der Waals surface area contributed by atoms with E-state index in [4.69, 9.17) is 0 Å². The number of hydrogen-bond acceptors (Lipinski definition) is 4. The van der Waals surface area contributed by atoms with Crippen LogP contribution in [0.4, 0.5) is 0 Å². The molecule has 5 nitrogen and oxygen atoms in total. The number of benzene rings is 1. The molecule has 0 aliphatic carbocycles. The second kappa shape index (κ2) is 6.46. The van der Waals surface area contributed by atoms with E-state index in [1.807, 2.05) is 54.0 Å². The minimum Gasteiger partial charge on any atom is -0.477 e. The van der Waals surface area contributed by atoms with Crippen LogP contribution in [-0.4, -0.2) is 20.6 Å². The highest BCUT2D eigenvalue weighted by molar-refractivity contribution is 7.99. The van der Waals surface area contributed by atoms with E-state index in [0.29, 0.717) is 12.1 Å². The summed E-state index contributed by atoms with van der Waals surface area (Å²) < 4.78 is 1.90. The number of thioether (sulfide) groups is 1. The van der Waals surface area contributed by atoms with Crippen LogP contribution in [0.3, 0.4) is 0 Å². The Kier molecular flexibility index (Phi) is 4.12. The van der Waals surface area contributed by atoms with Gasteiger partial charge in [-0.25, -0.2) is 4.79 Å². The largest absolute Gasteiger partial charge is 0.477 e. The van der Waals surface area contributed by atoms with Crippen molar-refractivity contribution in [2.45, 2.75) is 23.5 Å². The molecule has 6 heteroatoms. The summed E-state index contributed by atoms with van der Waals surface area (Å²) in [6.45, 7) is 1.83. The SMILES string of the molecule is Cc1cc(=O)c(C(=O)O)c2n1-c1ccccc1SC(c1ccccn1)C2. The second-order valence-corrected chi connectivity index (χ2v) is 7.39. The van der Waals surface area contributed by atoms with Crippen LogP contribution in [0.5, 0.6) is 0 Å². The summed E-state index contributed by atoms with van der Waals surface area (Å²) in [5.74, 6) is -1.19. The molecule has 0 spiro atoms. The number of nitrogens with zero attached hydrogens (tertiary/aromatic N) is 2. The lowest BCUT2D eigenvalue weighted by atomic mass is 10.0. The van der Waals surface area contributed by atoms with Gasteiger partial charge in [0.05, 0.1) is 16.6 Å². The van der Waals surface area contributed by atoms with Crippen LogP contribution in [-0.2, 0) is 6.42 Å². The number of aromatic carboxylic acids is 1. The highest BCUT2D eigenvalue weighted by Gasteiger charge is 2.29. The van der Waals surface area contributed by atoms with Gasteiger partial charge in [0.2, 0.25) is 0 Å². The first kappa shape index (κ1) is 16.6. The van der Waals surface area contributed by atoms with Gasteiger partial charge in [-0.1, -0.05) is 18.2 Å². The normalized spacial score (nSPS) is 15.7. The predicted octanol–water partition coefficient (Wildman–Crippen LogP) is 3.63. The van der Waals surface area contributed by atoms with Gasteiger partial charge in [-0.2, -0.15) is 0 Å². The van der Waals surface area contributed by atoms with E-state index < -0.39 is 11.4 Å². The van der Waals surface area contributed by atoms with Gasteiger partial charge in [-0.05, 0) is 31.2 Å². The Labute approximate surface area is 154 Å². The molecular weight excluding hydrogens is 348 g/mol. The number of carbonyl (C=O) groups is 1. The van der Waals surface area contributed by atoms with Gasteiger partial charge in [0, 0.05) is 35.0 Å². The second-order valence-electron chi connectivity index (χ2n) is 6.15. The summed E-state index contributed by atoms with van der Waals surface area (Å²) in [5, 5.41) is 9.60. The van der Waals surface area contributed by atoms with E-state index in [1.54, 1.807) is 18.0 Å². The molecule has 1 aliphatic heterocycles. The first-order valence-electron chi connectivity index (χ1n) is 8.22. The maximum absolute atomic E-state index is 12.4. The molecule has 4 rings (SSSR count). The fourth-order valence-electron chi connectivity index (χ4n) is 3.39. The smallest absolute Gasteiger partial charge is 0.341 e. The zero-order valence-corrected chi connectivity index (χ0v) is 14.9. The highest BCUT2D eigenvalue weighted by Crippen LogP contribution is 2.43. The molecule has 0 radical (unpaired) electrons. The van der Waals surface area contributed by atoms with Crippen molar-refractivity contribution < 1.29 is 9.90 Å². The van der Waals surface area contributed by atoms with Gasteiger partial charge in [-0.15, -0.1) is 11.8 Å². The number of aryl methyl sites for hydroxylation is 1. The van der Waals surface area contributed by atoms with Crippen molar-refractivity contribution in [1.82, 2.24) is 9.55 Å². The topological polar surface area (TPSA) is 72.2 Å². The number of pyridine rings is 2. The Balaban J connectivity index is 2.04. The van der Waals surface area contributed by atoms with E-state index in [9.17, 15) is 14.7 Å². The molecule has 0 saturated carbocycles. The molecular formula is C20H16N2O3S. The third-order valence-corrected chi connectivity index (χ3v) is 5.78. The number of hydrogen-bond donors (Lipinski definition) is 1. The third kappa shape index (κ3) is 2.72. The van der Waals surface area contributed by atoms with Crippen LogP contribution in [0, 0.1) is 6.92 Å². The van der Waals surface area contributed by atoms with E-state index in [1.165, 1.54) is 6.07 Å². The molecule has 0 saturated heterocycles. The molecule has 1 N–H and O–H groups in total. The van der Waals surface area contributed by atoms with Crippen molar-refractivity contribution in [1.29, 1.82) is 0 Å². The number of carboxylic acid groups (broad SMARTS) is 1. The summed E-state index contributed by atoms with van der Waals surface area (Å²) in [6.07, 6.45) is 2.14. The summed E-state index contributed by atoms with van der Waals surface area (Å²) in [7, 11) is 0. The van der Waals surface area contributed by atoms with Crippen molar-refractivity contribution in [2.24, 2.45) is 0 Å². The Morgan fingerprint density at radius 1 is 1.23 bits per heavy atom. The minimum atomic E-state index is -1.19. The van der Waals surface area contributed by atoms with Gasteiger partial charge in [-0.3, -0.25) is 9.78 Å². The van der Waals surface area contributed by atoms with Crippen molar-refractivity contribution in [2.75, 3.05) is 0 Å². The van der Waals surface area contributed by atoms with E-state index >= 15 is 0 Å². The highest BCUT2D eigenvalue weighted by atomic mass is 32.2. The third-order valence-electron chi connectivity index (χ3n) is 4.48. The minimum absolute atomic E-state index is 0.0783. The Morgan fingerprint density at radius 3 is 2.73 bits per heavy atom. The first-order chi connectivity index (χ1) is 12.6. The van der Waals surface area contributed by atoms with Crippen LogP contribution >= 0.6 is 11.8 Å². The number of para-hydroxylation sites is 1. The molecule has 1 aromatic carbocycles. The van der Waals surface area contributed by atoms with Crippen molar-refractivity contribution in [3.8, 4) is 5.69 Å². The van der Waals surface area contributed by atoms with E-state index in [2.05, 4.69) is 4.98 Å². The molecule has 1 atom stereocenters. The van der Waals surface area contributed by atoms with Crippen LogP contribution in [0.2, 0.25) is 0 Å². The average molecular weight is 364 g/mol. The fraction of sp³-hybridized carbons (Fsp3) is 0.150. The van der Waals surface area contributed by atoms with E-state index in [-0.39, 0.29) is 10.8 Å². The molecule has 3 heterocycles. The lowest BCUT2D eigenvalue weighted by molar-refractivity contribution is 0.0693. The molecule has 26 heavy (non-hydrogen) atoms. The van der Waals surface area contributed by atoms with Crippen LogP contribution in [0.25, 0.3) is 5.69 Å². The zero-order valence-electron chi connectivity index (χ0n) is 14.0. The molecule has 0 fully saturated rings. The maximum Gasteiger partial charge on any atom is 0.341 e. The van der Waals surface area contributed by atoms with Crippen molar-refractivity contribution in [3.05, 3.63) is 87.6 Å². The van der Waals surface area contributed by atoms with Gasteiger partial charge < -0.3 is 9.67 Å². The Morgan fingerprint density at radius 2 is 2.00 bits per heavy atom. The van der Waals surface area contributed by atoms with E-state index in [0.717, 1.165) is 22.0 Å². The van der Waals surface area contributed by atoms with Gasteiger partial charge in [0.25, 0.3) is 0 Å². The first-order valence-corrected chi connectivity index (χ1v) is 9.10. The average Bonchev–Trinajstić information content (AvgIpc) is 2.79. The molecule has 1 unspecified atom stereocenters. The fourth-order valence-corrected chi connectivity index (χ4v) is 4.64. The molecule has 2 aromatic heterocycles. The summed E-state index contributed by atoms with van der Waals surface area (Å²) in [5.41, 5.74) is 2.40. The summed E-state index contributed by atoms with van der Waals surface area (Å²) in [4.78, 5) is 29.7. The lowest BCUT2D eigenvalue weighted by Gasteiger charge is -2.18. The molecule has 130 valence electrons. The molecule has 0 amide bonds. The Hall–Kier alpha value is -2.86. The quantitative estimate of drug-likeness (QED) is 0.752. The summed E-state index contributed by atoms with van der Waals surface area (Å²) >= 11 is 1.64. The number of carboxylic acids is 1. The van der Waals surface area contributed by atoms with Crippen molar-refractivity contribution >= 4 is 17.7 Å². The van der Waals surface area contributed by atoms with Gasteiger partial charge >= 0.3 is 5.97 Å². The van der Waals surface area contributed by atoms with Crippen LogP contribution in [0.1, 0.15) is 32.7 Å². The number of fused-ring (bicyclic) bond motifs is 3. The Bertz CT molecular complexity index is 1060. The molecule has 3 aromatic rings. The predicted molar refractivity (Wildman–Crippen MR) is 100 cm³/mol. The molecule has 0 bridgehead atoms. The number of rotatable bonds is 2. The maximum atomic E-state index is 12.4. The van der Waals surface area contributed by atoms with Gasteiger partial charge in [0.15, 0.2) is 5.43 Å². The van der Waals surface area contributed by atoms with Crippen LogP contribution < -0.4 is 5.43 Å². The van der Waals surface area contributed by atoms with Gasteiger partial charge in [0.1, 0.15) is 5.56 Å².